The Hall–Kier alpha value is -3.61. The average molecular weight is 559 g/mol. The molecule has 3 aliphatic carbocycles. The van der Waals surface area contributed by atoms with Gasteiger partial charge in [-0.1, -0.05) is 6.07 Å². The summed E-state index contributed by atoms with van der Waals surface area (Å²) >= 11 is 0. The van der Waals surface area contributed by atoms with Crippen molar-refractivity contribution in [1.29, 1.82) is 0 Å². The number of hydrogen-bond donors (Lipinski definition) is 3. The standard InChI is InChI=1S/C26H27F5N2O6/c1-15-2-3-16(10-18(15)27)37-13-22(35)32-24-6-8-25(9-7-24,21(34)12-24)33-23(36)14-38-17-4-5-20(19(28)11-17)39-26(29,30)31/h2-5,10-11,21,34H,6-9,12-14H2,1H3,(H,32,35)(H,33,36)/t21-,24?,25?/m1/s1. The van der Waals surface area contributed by atoms with Crippen LogP contribution in [0.15, 0.2) is 36.4 Å². The van der Waals surface area contributed by atoms with Gasteiger partial charge >= 0.3 is 6.36 Å². The molecule has 0 radical (unpaired) electrons. The van der Waals surface area contributed by atoms with E-state index in [0.717, 1.165) is 12.1 Å². The monoisotopic (exact) mass is 558 g/mol. The maximum atomic E-state index is 13.9. The molecule has 2 bridgehead atoms. The summed E-state index contributed by atoms with van der Waals surface area (Å²) in [6.07, 6.45) is -4.17. The van der Waals surface area contributed by atoms with Crippen molar-refractivity contribution < 1.29 is 50.9 Å². The van der Waals surface area contributed by atoms with Crippen LogP contribution in [0.5, 0.6) is 17.2 Å². The Balaban J connectivity index is 1.26. The average Bonchev–Trinajstić information content (AvgIpc) is 2.85. The van der Waals surface area contributed by atoms with E-state index in [1.165, 1.54) is 6.07 Å². The maximum absolute atomic E-state index is 13.9. The van der Waals surface area contributed by atoms with Crippen molar-refractivity contribution >= 4 is 11.8 Å². The van der Waals surface area contributed by atoms with Crippen molar-refractivity contribution in [2.24, 2.45) is 0 Å². The van der Waals surface area contributed by atoms with E-state index < -0.39 is 59.3 Å². The third kappa shape index (κ3) is 6.88. The molecule has 1 atom stereocenters. The first-order valence-corrected chi connectivity index (χ1v) is 12.2. The van der Waals surface area contributed by atoms with Crippen molar-refractivity contribution in [3.63, 3.8) is 0 Å². The van der Waals surface area contributed by atoms with Crippen molar-refractivity contribution in [1.82, 2.24) is 10.6 Å². The molecule has 0 aliphatic heterocycles. The number of nitrogens with one attached hydrogen (secondary N) is 2. The highest BCUT2D eigenvalue weighted by molar-refractivity contribution is 5.79. The van der Waals surface area contributed by atoms with Gasteiger partial charge in [0.05, 0.1) is 11.6 Å². The molecule has 0 unspecified atom stereocenters. The number of alkyl halides is 3. The van der Waals surface area contributed by atoms with Crippen LogP contribution in [-0.2, 0) is 9.59 Å². The second kappa shape index (κ2) is 10.9. The van der Waals surface area contributed by atoms with Crippen LogP contribution in [0.2, 0.25) is 0 Å². The normalized spacial score (nSPS) is 24.1. The fourth-order valence-corrected chi connectivity index (χ4v) is 5.05. The molecule has 39 heavy (non-hydrogen) atoms. The first-order chi connectivity index (χ1) is 18.3. The number of amides is 2. The number of aryl methyl sites for hydroxylation is 1. The van der Waals surface area contributed by atoms with Gasteiger partial charge in [0.1, 0.15) is 17.3 Å². The summed E-state index contributed by atoms with van der Waals surface area (Å²) in [5.74, 6) is -3.78. The molecule has 3 N–H and O–H groups in total. The molecule has 0 spiro atoms. The molecular weight excluding hydrogens is 531 g/mol. The third-order valence-corrected chi connectivity index (χ3v) is 7.13. The lowest BCUT2D eigenvalue weighted by atomic mass is 9.60. The lowest BCUT2D eigenvalue weighted by molar-refractivity contribution is -0.275. The Morgan fingerprint density at radius 3 is 2.03 bits per heavy atom. The van der Waals surface area contributed by atoms with Gasteiger partial charge in [-0.3, -0.25) is 9.59 Å². The van der Waals surface area contributed by atoms with E-state index in [0.29, 0.717) is 37.3 Å². The zero-order valence-corrected chi connectivity index (χ0v) is 20.9. The van der Waals surface area contributed by atoms with Crippen LogP contribution >= 0.6 is 0 Å². The van der Waals surface area contributed by atoms with Gasteiger partial charge in [0, 0.05) is 17.7 Å². The van der Waals surface area contributed by atoms with Gasteiger partial charge in [0.15, 0.2) is 24.8 Å². The van der Waals surface area contributed by atoms with Crippen LogP contribution in [0.3, 0.4) is 0 Å². The largest absolute Gasteiger partial charge is 0.573 e. The summed E-state index contributed by atoms with van der Waals surface area (Å²) in [7, 11) is 0. The molecule has 0 saturated heterocycles. The van der Waals surface area contributed by atoms with Gasteiger partial charge in [-0.25, -0.2) is 8.78 Å². The Morgan fingerprint density at radius 1 is 0.923 bits per heavy atom. The number of hydrogen-bond acceptors (Lipinski definition) is 6. The van der Waals surface area contributed by atoms with Crippen LogP contribution in [0, 0.1) is 18.6 Å². The minimum Gasteiger partial charge on any atom is -0.484 e. The van der Waals surface area contributed by atoms with Crippen molar-refractivity contribution in [2.75, 3.05) is 13.2 Å². The summed E-state index contributed by atoms with van der Waals surface area (Å²) < 4.78 is 78.5. The summed E-state index contributed by atoms with van der Waals surface area (Å²) in [4.78, 5) is 25.1. The lowest BCUT2D eigenvalue weighted by Gasteiger charge is -2.56. The Kier molecular flexibility index (Phi) is 7.92. The van der Waals surface area contributed by atoms with E-state index in [1.54, 1.807) is 19.1 Å². The number of aliphatic hydroxyl groups excluding tert-OH is 1. The smallest absolute Gasteiger partial charge is 0.484 e. The van der Waals surface area contributed by atoms with Crippen molar-refractivity contribution in [3.8, 4) is 17.2 Å². The second-order valence-corrected chi connectivity index (χ2v) is 9.88. The van der Waals surface area contributed by atoms with E-state index in [4.69, 9.17) is 9.47 Å². The molecule has 2 aromatic rings. The number of ether oxygens (including phenoxy) is 3. The second-order valence-electron chi connectivity index (χ2n) is 9.88. The fraction of sp³-hybridized carbons (Fsp3) is 0.462. The topological polar surface area (TPSA) is 106 Å². The highest BCUT2D eigenvalue weighted by Gasteiger charge is 2.55. The third-order valence-electron chi connectivity index (χ3n) is 7.13. The van der Waals surface area contributed by atoms with Gasteiger partial charge in [-0.15, -0.1) is 13.2 Å². The number of carbonyl (C=O) groups is 2. The van der Waals surface area contributed by atoms with Crippen LogP contribution in [0.1, 0.15) is 37.7 Å². The Labute approximate surface area is 220 Å². The van der Waals surface area contributed by atoms with E-state index in [-0.39, 0.29) is 24.5 Å². The minimum atomic E-state index is -5.06. The number of aliphatic hydroxyl groups is 1. The molecule has 212 valence electrons. The number of rotatable bonds is 9. The molecule has 8 nitrogen and oxygen atoms in total. The molecule has 0 heterocycles. The molecule has 3 fully saturated rings. The highest BCUT2D eigenvalue weighted by Crippen LogP contribution is 2.47. The molecule has 13 heteroatoms. The summed E-state index contributed by atoms with van der Waals surface area (Å²) in [5.41, 5.74) is -1.17. The minimum absolute atomic E-state index is 0.181. The summed E-state index contributed by atoms with van der Waals surface area (Å²) in [6.45, 7) is 0.716. The fourth-order valence-electron chi connectivity index (χ4n) is 5.05. The predicted octanol–water partition coefficient (Wildman–Crippen LogP) is 3.68. The van der Waals surface area contributed by atoms with Crippen molar-refractivity contribution in [2.45, 2.75) is 62.6 Å². The highest BCUT2D eigenvalue weighted by atomic mass is 19.4. The first kappa shape index (κ1) is 28.4. The molecular formula is C26H27F5N2O6. The molecule has 3 saturated carbocycles. The van der Waals surface area contributed by atoms with Gasteiger partial charge in [0.2, 0.25) is 0 Å². The Morgan fingerprint density at radius 2 is 1.49 bits per heavy atom. The van der Waals surface area contributed by atoms with Crippen LogP contribution in [-0.4, -0.2) is 53.7 Å². The van der Waals surface area contributed by atoms with E-state index >= 15 is 0 Å². The van der Waals surface area contributed by atoms with E-state index in [9.17, 15) is 36.6 Å². The molecule has 2 amide bonds. The SMILES string of the molecule is Cc1ccc(OCC(=O)NC23CCC(NC(=O)COc4ccc(OC(F)(F)F)c(F)c4)(CC2)[C@H](O)C3)cc1F. The zero-order valence-electron chi connectivity index (χ0n) is 20.9. The summed E-state index contributed by atoms with van der Waals surface area (Å²) in [5, 5.41) is 16.5. The lowest BCUT2D eigenvalue weighted by Crippen LogP contribution is -2.70. The van der Waals surface area contributed by atoms with Gasteiger partial charge in [-0.2, -0.15) is 0 Å². The maximum Gasteiger partial charge on any atom is 0.573 e. The van der Waals surface area contributed by atoms with Crippen LogP contribution < -0.4 is 24.8 Å². The van der Waals surface area contributed by atoms with Gasteiger partial charge < -0.3 is 30.0 Å². The first-order valence-electron chi connectivity index (χ1n) is 12.2. The number of halogens is 5. The molecule has 5 rings (SSSR count). The zero-order chi connectivity index (χ0) is 28.4. The van der Waals surface area contributed by atoms with Crippen LogP contribution in [0.4, 0.5) is 22.0 Å². The molecule has 0 aromatic heterocycles. The summed E-state index contributed by atoms with van der Waals surface area (Å²) in [6, 6.07) is 6.73. The van der Waals surface area contributed by atoms with Gasteiger partial charge in [0.25, 0.3) is 11.8 Å². The van der Waals surface area contributed by atoms with E-state index in [2.05, 4.69) is 15.4 Å². The quantitative estimate of drug-likeness (QED) is 0.406. The Bertz CT molecular complexity index is 1230. The van der Waals surface area contributed by atoms with Crippen molar-refractivity contribution in [3.05, 3.63) is 53.6 Å². The molecule has 2 aromatic carbocycles. The number of carbonyl (C=O) groups excluding carboxylic acids is 2. The molecule has 3 aliphatic rings. The van der Waals surface area contributed by atoms with Gasteiger partial charge in [-0.05, 0) is 62.8 Å². The number of fused-ring (bicyclic) bond motifs is 3. The predicted molar refractivity (Wildman–Crippen MR) is 126 cm³/mol. The van der Waals surface area contributed by atoms with E-state index in [1.807, 2.05) is 0 Å². The number of benzene rings is 2. The van der Waals surface area contributed by atoms with Crippen LogP contribution in [0.25, 0.3) is 0 Å².